The molecule has 1 aromatic carbocycles. The summed E-state index contributed by atoms with van der Waals surface area (Å²) < 4.78 is 5.45. The van der Waals surface area contributed by atoms with Crippen LogP contribution in [0.1, 0.15) is 43.7 Å². The lowest BCUT2D eigenvalue weighted by Crippen LogP contribution is -2.37. The molecule has 1 aromatic rings. The van der Waals surface area contributed by atoms with Gasteiger partial charge in [0, 0.05) is 36.5 Å². The van der Waals surface area contributed by atoms with Crippen molar-refractivity contribution >= 4 is 18.1 Å². The summed E-state index contributed by atoms with van der Waals surface area (Å²) in [7, 11) is 1.84. The lowest BCUT2D eigenvalue weighted by atomic mass is 9.80. The molecule has 6 nitrogen and oxygen atoms in total. The van der Waals surface area contributed by atoms with Crippen LogP contribution in [-0.2, 0) is 20.9 Å². The van der Waals surface area contributed by atoms with E-state index in [4.69, 9.17) is 4.74 Å². The molecule has 1 fully saturated rings. The third-order valence-corrected chi connectivity index (χ3v) is 6.71. The molecule has 0 bridgehead atoms. The standard InChI is InChI=1S/C26H31N3O3/c1-17-21-10-13-28-14-20(21)8-9-23(17)29-24(30)22(15-27-3)19-6-4-18(5-7-19)16-32-25(31)26(2)11-12-26/h4-10,13-14,17,21-22,27H,11-12,15-16H2,1-3H3,(H,29,30). The first-order valence-electron chi connectivity index (χ1n) is 11.2. The Kier molecular flexibility index (Phi) is 6.42. The fourth-order valence-electron chi connectivity index (χ4n) is 4.12. The lowest BCUT2D eigenvalue weighted by Gasteiger charge is -2.30. The molecule has 32 heavy (non-hydrogen) atoms. The Labute approximate surface area is 189 Å². The minimum Gasteiger partial charge on any atom is -0.460 e. The lowest BCUT2D eigenvalue weighted by molar-refractivity contribution is -0.150. The molecular formula is C26H31N3O3. The van der Waals surface area contributed by atoms with Gasteiger partial charge >= 0.3 is 5.97 Å². The molecule has 0 radical (unpaired) electrons. The minimum absolute atomic E-state index is 0.0383. The van der Waals surface area contributed by atoms with Crippen LogP contribution in [0, 0.1) is 17.3 Å². The number of rotatable bonds is 8. The van der Waals surface area contributed by atoms with Crippen molar-refractivity contribution in [3.8, 4) is 0 Å². The number of carbonyl (C=O) groups excluding carboxylic acids is 2. The van der Waals surface area contributed by atoms with Crippen LogP contribution < -0.4 is 10.6 Å². The number of amides is 1. The van der Waals surface area contributed by atoms with Crippen molar-refractivity contribution in [2.45, 2.75) is 39.2 Å². The molecule has 168 valence electrons. The summed E-state index contributed by atoms with van der Waals surface area (Å²) in [6, 6.07) is 7.75. The Morgan fingerprint density at radius 2 is 1.97 bits per heavy atom. The van der Waals surface area contributed by atoms with Gasteiger partial charge in [0.25, 0.3) is 0 Å². The quantitative estimate of drug-likeness (QED) is 0.614. The third-order valence-electron chi connectivity index (χ3n) is 6.71. The van der Waals surface area contributed by atoms with Crippen LogP contribution in [-0.4, -0.2) is 31.7 Å². The number of hydrogen-bond acceptors (Lipinski definition) is 5. The number of aliphatic imine (C=N–C) groups is 1. The highest BCUT2D eigenvalue weighted by molar-refractivity contribution is 5.87. The minimum atomic E-state index is -0.330. The van der Waals surface area contributed by atoms with Gasteiger partial charge < -0.3 is 15.4 Å². The predicted molar refractivity (Wildman–Crippen MR) is 125 cm³/mol. The molecule has 2 aliphatic carbocycles. The SMILES string of the molecule is CNCC(C(=O)NC1=CC=C2C=NC=CC2C1C)c1ccc(COC(=O)C2(C)CC2)cc1. The Morgan fingerprint density at radius 3 is 2.66 bits per heavy atom. The number of likely N-dealkylation sites (N-methyl/N-ethyl adjacent to an activating group) is 1. The van der Waals surface area contributed by atoms with Gasteiger partial charge in [0.1, 0.15) is 6.61 Å². The molecule has 3 unspecified atom stereocenters. The van der Waals surface area contributed by atoms with Gasteiger partial charge in [-0.05, 0) is 49.6 Å². The molecule has 1 amide bonds. The zero-order valence-corrected chi connectivity index (χ0v) is 18.9. The van der Waals surface area contributed by atoms with Crippen LogP contribution in [0.2, 0.25) is 0 Å². The first-order valence-corrected chi connectivity index (χ1v) is 11.2. The molecule has 1 heterocycles. The van der Waals surface area contributed by atoms with Gasteiger partial charge in [-0.3, -0.25) is 14.6 Å². The number of carbonyl (C=O) groups is 2. The first-order chi connectivity index (χ1) is 15.4. The smallest absolute Gasteiger partial charge is 0.312 e. The Bertz CT molecular complexity index is 1000. The Hall–Kier alpha value is -2.99. The molecule has 0 saturated heterocycles. The molecule has 0 spiro atoms. The van der Waals surface area contributed by atoms with Crippen LogP contribution in [0.5, 0.6) is 0 Å². The van der Waals surface area contributed by atoms with Crippen LogP contribution >= 0.6 is 0 Å². The van der Waals surface area contributed by atoms with Gasteiger partial charge in [0.05, 0.1) is 11.3 Å². The summed E-state index contributed by atoms with van der Waals surface area (Å²) in [5, 5.41) is 6.28. The van der Waals surface area contributed by atoms with Crippen LogP contribution in [0.15, 0.2) is 65.0 Å². The number of hydrogen-bond donors (Lipinski definition) is 2. The van der Waals surface area contributed by atoms with Gasteiger partial charge in [0.15, 0.2) is 0 Å². The van der Waals surface area contributed by atoms with E-state index in [0.717, 1.165) is 35.2 Å². The fraction of sp³-hybridized carbons (Fsp3) is 0.423. The largest absolute Gasteiger partial charge is 0.460 e. The fourth-order valence-corrected chi connectivity index (χ4v) is 4.12. The summed E-state index contributed by atoms with van der Waals surface area (Å²) in [5.41, 5.74) is 3.64. The molecule has 4 rings (SSSR count). The van der Waals surface area contributed by atoms with Crippen molar-refractivity contribution in [2.75, 3.05) is 13.6 Å². The number of nitrogens with zero attached hydrogens (tertiary/aromatic N) is 1. The van der Waals surface area contributed by atoms with Crippen molar-refractivity contribution < 1.29 is 14.3 Å². The van der Waals surface area contributed by atoms with E-state index in [0.29, 0.717) is 6.54 Å². The van der Waals surface area contributed by atoms with Crippen molar-refractivity contribution in [1.29, 1.82) is 0 Å². The van der Waals surface area contributed by atoms with E-state index in [1.807, 2.05) is 62.8 Å². The van der Waals surface area contributed by atoms with E-state index < -0.39 is 0 Å². The average Bonchev–Trinajstić information content (AvgIpc) is 3.57. The molecular weight excluding hydrogens is 402 g/mol. The zero-order chi connectivity index (χ0) is 22.7. The average molecular weight is 434 g/mol. The summed E-state index contributed by atoms with van der Waals surface area (Å²) in [4.78, 5) is 29.4. The maximum absolute atomic E-state index is 13.2. The van der Waals surface area contributed by atoms with Crippen molar-refractivity contribution in [3.63, 3.8) is 0 Å². The number of ether oxygens (including phenoxy) is 1. The third kappa shape index (κ3) is 4.75. The van der Waals surface area contributed by atoms with E-state index in [1.165, 1.54) is 0 Å². The number of nitrogens with one attached hydrogen (secondary N) is 2. The number of benzene rings is 1. The summed E-state index contributed by atoms with van der Waals surface area (Å²) in [6.45, 7) is 4.85. The van der Waals surface area contributed by atoms with E-state index in [2.05, 4.69) is 28.6 Å². The maximum atomic E-state index is 13.2. The summed E-state index contributed by atoms with van der Waals surface area (Å²) in [5.74, 6) is -0.0919. The van der Waals surface area contributed by atoms with Gasteiger partial charge in [-0.2, -0.15) is 0 Å². The Balaban J connectivity index is 1.41. The number of esters is 1. The van der Waals surface area contributed by atoms with Crippen molar-refractivity contribution in [2.24, 2.45) is 22.2 Å². The highest BCUT2D eigenvalue weighted by Crippen LogP contribution is 2.46. The van der Waals surface area contributed by atoms with Crippen LogP contribution in [0.25, 0.3) is 0 Å². The second-order valence-electron chi connectivity index (χ2n) is 9.20. The summed E-state index contributed by atoms with van der Waals surface area (Å²) >= 11 is 0. The zero-order valence-electron chi connectivity index (χ0n) is 18.9. The van der Waals surface area contributed by atoms with Crippen molar-refractivity contribution in [3.05, 3.63) is 71.1 Å². The monoisotopic (exact) mass is 433 g/mol. The second kappa shape index (κ2) is 9.25. The molecule has 3 aliphatic rings. The van der Waals surface area contributed by atoms with E-state index >= 15 is 0 Å². The van der Waals surface area contributed by atoms with E-state index in [9.17, 15) is 9.59 Å². The molecule has 1 saturated carbocycles. The number of allylic oxidation sites excluding steroid dienone is 5. The second-order valence-corrected chi connectivity index (χ2v) is 9.20. The molecule has 6 heteroatoms. The molecule has 2 N–H and O–H groups in total. The van der Waals surface area contributed by atoms with E-state index in [1.54, 1.807) is 0 Å². The highest BCUT2D eigenvalue weighted by Gasteiger charge is 2.46. The normalized spacial score (nSPS) is 23.5. The predicted octanol–water partition coefficient (Wildman–Crippen LogP) is 3.62. The molecule has 1 aliphatic heterocycles. The van der Waals surface area contributed by atoms with Crippen LogP contribution in [0.3, 0.4) is 0 Å². The highest BCUT2D eigenvalue weighted by atomic mass is 16.5. The van der Waals surface area contributed by atoms with Gasteiger partial charge in [-0.25, -0.2) is 0 Å². The summed E-state index contributed by atoms with van der Waals surface area (Å²) in [6.07, 6.45) is 11.6. The van der Waals surface area contributed by atoms with Crippen LogP contribution in [0.4, 0.5) is 0 Å². The Morgan fingerprint density at radius 1 is 1.22 bits per heavy atom. The topological polar surface area (TPSA) is 79.8 Å². The molecule has 0 aromatic heterocycles. The first kappa shape index (κ1) is 22.2. The van der Waals surface area contributed by atoms with E-state index in [-0.39, 0.29) is 41.7 Å². The maximum Gasteiger partial charge on any atom is 0.312 e. The van der Waals surface area contributed by atoms with Crippen molar-refractivity contribution in [1.82, 2.24) is 10.6 Å². The van der Waals surface area contributed by atoms with Gasteiger partial charge in [0.2, 0.25) is 5.91 Å². The van der Waals surface area contributed by atoms with Gasteiger partial charge in [-0.1, -0.05) is 43.3 Å². The number of fused-ring (bicyclic) bond motifs is 1. The molecule has 3 atom stereocenters. The van der Waals surface area contributed by atoms with Gasteiger partial charge in [-0.15, -0.1) is 0 Å².